The lowest BCUT2D eigenvalue weighted by atomic mass is 10.4. The molecular weight excluding hydrogens is 108 g/mol. The van der Waals surface area contributed by atoms with Gasteiger partial charge in [-0.15, -0.1) is 0 Å². The third kappa shape index (κ3) is 0.869. The predicted octanol–water partition coefficient (Wildman–Crippen LogP) is -0.540. The molecule has 44 valence electrons. The molecule has 0 fully saturated rings. The molecule has 1 atom stereocenters. The maximum atomic E-state index is 10.2. The van der Waals surface area contributed by atoms with Gasteiger partial charge in [0.25, 0.3) is 0 Å². The highest BCUT2D eigenvalue weighted by atomic mass is 16.6. The van der Waals surface area contributed by atoms with E-state index < -0.39 is 6.10 Å². The van der Waals surface area contributed by atoms with E-state index in [0.29, 0.717) is 0 Å². The fraction of sp³-hybridized carbons (Fsp3) is 0.400. The van der Waals surface area contributed by atoms with Crippen molar-refractivity contribution in [1.29, 1.82) is 0 Å². The fourth-order valence-corrected chi connectivity index (χ4v) is 0.512. The van der Waals surface area contributed by atoms with Gasteiger partial charge in [0.1, 0.15) is 6.10 Å². The summed E-state index contributed by atoms with van der Waals surface area (Å²) in [7, 11) is 0. The molecule has 1 N–H and O–H groups in total. The van der Waals surface area contributed by atoms with E-state index in [9.17, 15) is 4.79 Å². The minimum atomic E-state index is -0.400. The first-order valence-electron chi connectivity index (χ1n) is 2.32. The zero-order valence-corrected chi connectivity index (χ0v) is 4.20. The summed E-state index contributed by atoms with van der Waals surface area (Å²) in [5.41, 5.74) is 0. The second-order valence-corrected chi connectivity index (χ2v) is 1.52. The topological polar surface area (TPSA) is 46.5 Å². The number of carbonyl (C=O) groups is 1. The van der Waals surface area contributed by atoms with Crippen molar-refractivity contribution < 1.29 is 14.6 Å². The van der Waals surface area contributed by atoms with Crippen molar-refractivity contribution in [1.82, 2.24) is 0 Å². The fourth-order valence-electron chi connectivity index (χ4n) is 0.512. The number of cyclic esters (lactones) is 1. The quantitative estimate of drug-likeness (QED) is 0.466. The van der Waals surface area contributed by atoms with E-state index in [4.69, 9.17) is 5.11 Å². The van der Waals surface area contributed by atoms with Gasteiger partial charge in [0.2, 0.25) is 0 Å². The van der Waals surface area contributed by atoms with Crippen LogP contribution in [0.1, 0.15) is 0 Å². The molecule has 1 aliphatic rings. The third-order valence-corrected chi connectivity index (χ3v) is 0.894. The Hall–Kier alpha value is -0.830. The zero-order valence-electron chi connectivity index (χ0n) is 4.20. The molecule has 0 aromatic carbocycles. The van der Waals surface area contributed by atoms with Gasteiger partial charge in [-0.3, -0.25) is 0 Å². The third-order valence-electron chi connectivity index (χ3n) is 0.894. The summed E-state index contributed by atoms with van der Waals surface area (Å²) in [6.07, 6.45) is 2.44. The molecular formula is C5H6O3. The van der Waals surface area contributed by atoms with Gasteiger partial charge in [0.05, 0.1) is 6.61 Å². The summed E-state index contributed by atoms with van der Waals surface area (Å²) in [6.45, 7) is -0.123. The lowest BCUT2D eigenvalue weighted by Gasteiger charge is -2.00. The van der Waals surface area contributed by atoms with E-state index in [-0.39, 0.29) is 12.6 Å². The van der Waals surface area contributed by atoms with E-state index in [1.807, 2.05) is 0 Å². The van der Waals surface area contributed by atoms with Crippen LogP contribution >= 0.6 is 0 Å². The van der Waals surface area contributed by atoms with Crippen molar-refractivity contribution in [3.63, 3.8) is 0 Å². The Balaban J connectivity index is 2.46. The molecule has 1 aliphatic heterocycles. The first-order valence-corrected chi connectivity index (χ1v) is 2.32. The van der Waals surface area contributed by atoms with Gasteiger partial charge in [-0.1, -0.05) is 0 Å². The van der Waals surface area contributed by atoms with Crippen molar-refractivity contribution in [2.75, 3.05) is 6.61 Å². The summed E-state index contributed by atoms with van der Waals surface area (Å²) < 4.78 is 4.51. The predicted molar refractivity (Wildman–Crippen MR) is 26.1 cm³/mol. The lowest BCUT2D eigenvalue weighted by Crippen LogP contribution is -2.11. The van der Waals surface area contributed by atoms with Crippen molar-refractivity contribution >= 4 is 5.97 Å². The average Bonchev–Trinajstić information content (AvgIpc) is 2.14. The second-order valence-electron chi connectivity index (χ2n) is 1.52. The van der Waals surface area contributed by atoms with Gasteiger partial charge in [-0.25, -0.2) is 4.79 Å². The molecule has 0 spiro atoms. The number of esters is 1. The Morgan fingerprint density at radius 1 is 1.88 bits per heavy atom. The number of carbonyl (C=O) groups excluding carboxylic acids is 1. The Bertz CT molecular complexity index is 128. The minimum Gasteiger partial charge on any atom is -0.452 e. The molecule has 0 bridgehead atoms. The van der Waals surface area contributed by atoms with Crippen LogP contribution in [0.5, 0.6) is 0 Å². The molecule has 3 nitrogen and oxygen atoms in total. The van der Waals surface area contributed by atoms with Gasteiger partial charge in [-0.2, -0.15) is 0 Å². The summed E-state index contributed by atoms with van der Waals surface area (Å²) in [6, 6.07) is 0. The largest absolute Gasteiger partial charge is 0.452 e. The Morgan fingerprint density at radius 2 is 2.62 bits per heavy atom. The molecule has 8 heavy (non-hydrogen) atoms. The first-order chi connectivity index (χ1) is 3.83. The van der Waals surface area contributed by atoms with Gasteiger partial charge >= 0.3 is 5.97 Å². The van der Waals surface area contributed by atoms with Crippen LogP contribution < -0.4 is 0 Å². The number of hydrogen-bond donors (Lipinski definition) is 1. The lowest BCUT2D eigenvalue weighted by molar-refractivity contribution is -0.139. The average molecular weight is 114 g/mol. The van der Waals surface area contributed by atoms with Crippen molar-refractivity contribution in [2.24, 2.45) is 0 Å². The molecule has 0 saturated carbocycles. The Morgan fingerprint density at radius 3 is 2.88 bits per heavy atom. The number of rotatable bonds is 1. The maximum absolute atomic E-state index is 10.2. The van der Waals surface area contributed by atoms with Crippen LogP contribution in [-0.2, 0) is 9.53 Å². The number of ether oxygens (including phenoxy) is 1. The van der Waals surface area contributed by atoms with Crippen LogP contribution in [0.3, 0.4) is 0 Å². The molecule has 0 unspecified atom stereocenters. The van der Waals surface area contributed by atoms with E-state index in [2.05, 4.69) is 4.74 Å². The van der Waals surface area contributed by atoms with Crippen LogP contribution in [0.15, 0.2) is 12.2 Å². The minimum absolute atomic E-state index is 0.123. The zero-order chi connectivity index (χ0) is 5.98. The standard InChI is InChI=1S/C5H6O3/c6-3-4-1-2-5(7)8-4/h1-2,4,6H,3H2/t4-/m0/s1. The normalized spacial score (nSPS) is 26.1. The molecule has 1 rings (SSSR count). The Labute approximate surface area is 46.6 Å². The molecule has 1 heterocycles. The molecule has 3 heteroatoms. The van der Waals surface area contributed by atoms with Crippen LogP contribution in [0.4, 0.5) is 0 Å². The number of aliphatic hydroxyl groups is 1. The maximum Gasteiger partial charge on any atom is 0.331 e. The summed E-state index contributed by atoms with van der Waals surface area (Å²) in [5, 5.41) is 8.36. The first kappa shape index (κ1) is 5.31. The van der Waals surface area contributed by atoms with E-state index in [0.717, 1.165) is 0 Å². The highest BCUT2D eigenvalue weighted by molar-refractivity contribution is 5.84. The molecule has 0 amide bonds. The highest BCUT2D eigenvalue weighted by Gasteiger charge is 2.13. The van der Waals surface area contributed by atoms with E-state index in [1.165, 1.54) is 12.2 Å². The monoisotopic (exact) mass is 114 g/mol. The highest BCUT2D eigenvalue weighted by Crippen LogP contribution is 2.02. The van der Waals surface area contributed by atoms with Crippen molar-refractivity contribution in [3.8, 4) is 0 Å². The molecule has 0 aromatic heterocycles. The molecule has 0 saturated heterocycles. The SMILES string of the molecule is O=C1C=C[C@@H](CO)O1. The van der Waals surface area contributed by atoms with Crippen molar-refractivity contribution in [3.05, 3.63) is 12.2 Å². The van der Waals surface area contributed by atoms with Gasteiger partial charge in [0.15, 0.2) is 0 Å². The summed E-state index contributed by atoms with van der Waals surface area (Å²) in [4.78, 5) is 10.2. The van der Waals surface area contributed by atoms with E-state index in [1.54, 1.807) is 0 Å². The van der Waals surface area contributed by atoms with Crippen LogP contribution in [0.2, 0.25) is 0 Å². The smallest absolute Gasteiger partial charge is 0.331 e. The number of hydrogen-bond acceptors (Lipinski definition) is 3. The van der Waals surface area contributed by atoms with Crippen molar-refractivity contribution in [2.45, 2.75) is 6.10 Å². The van der Waals surface area contributed by atoms with Gasteiger partial charge in [0, 0.05) is 6.08 Å². The molecule has 0 aromatic rings. The second kappa shape index (κ2) is 1.96. The summed E-state index contributed by atoms with van der Waals surface area (Å²) in [5.74, 6) is -0.371. The van der Waals surface area contributed by atoms with Crippen LogP contribution in [-0.4, -0.2) is 23.8 Å². The van der Waals surface area contributed by atoms with E-state index >= 15 is 0 Å². The molecule has 0 aliphatic carbocycles. The summed E-state index contributed by atoms with van der Waals surface area (Å²) >= 11 is 0. The van der Waals surface area contributed by atoms with Crippen LogP contribution in [0, 0.1) is 0 Å². The molecule has 0 radical (unpaired) electrons. The van der Waals surface area contributed by atoms with Gasteiger partial charge < -0.3 is 9.84 Å². The van der Waals surface area contributed by atoms with Crippen LogP contribution in [0.25, 0.3) is 0 Å². The van der Waals surface area contributed by atoms with Gasteiger partial charge in [-0.05, 0) is 6.08 Å². The Kier molecular flexibility index (Phi) is 1.30. The number of aliphatic hydroxyl groups excluding tert-OH is 1.